The Morgan fingerprint density at radius 3 is 2.72 bits per heavy atom. The van der Waals surface area contributed by atoms with Gasteiger partial charge >= 0.3 is 0 Å². The molecule has 2 aromatic rings. The van der Waals surface area contributed by atoms with Crippen molar-refractivity contribution in [3.63, 3.8) is 0 Å². The largest absolute Gasteiger partial charge is 0.391 e. The summed E-state index contributed by atoms with van der Waals surface area (Å²) in [6.45, 7) is 2.15. The first-order chi connectivity index (χ1) is 14.2. The van der Waals surface area contributed by atoms with E-state index in [1.165, 1.54) is 24.1 Å². The van der Waals surface area contributed by atoms with Crippen molar-refractivity contribution in [2.75, 3.05) is 26.3 Å². The van der Waals surface area contributed by atoms with Gasteiger partial charge in [0.05, 0.1) is 18.6 Å². The van der Waals surface area contributed by atoms with Gasteiger partial charge in [0.15, 0.2) is 0 Å². The van der Waals surface area contributed by atoms with Gasteiger partial charge in [-0.1, -0.05) is 4.85 Å². The Balaban J connectivity index is 1.12. The van der Waals surface area contributed by atoms with E-state index in [9.17, 15) is 4.79 Å². The minimum atomic E-state index is -0.162. The summed E-state index contributed by atoms with van der Waals surface area (Å²) in [5, 5.41) is 8.06. The van der Waals surface area contributed by atoms with Crippen molar-refractivity contribution in [1.29, 1.82) is 0 Å². The van der Waals surface area contributed by atoms with Crippen LogP contribution in [0.1, 0.15) is 38.5 Å². The number of rotatable bonds is 4. The third-order valence-corrected chi connectivity index (χ3v) is 7.48. The van der Waals surface area contributed by atoms with Crippen LogP contribution in [0.2, 0.25) is 0 Å². The summed E-state index contributed by atoms with van der Waals surface area (Å²) in [6, 6.07) is 3.66. The second-order valence-corrected chi connectivity index (χ2v) is 9.55. The van der Waals surface area contributed by atoms with Crippen LogP contribution in [0.3, 0.4) is 0 Å². The molecule has 8 heteroatoms. The van der Waals surface area contributed by atoms with Crippen molar-refractivity contribution in [1.82, 2.24) is 25.0 Å². The van der Waals surface area contributed by atoms with Crippen LogP contribution < -0.4 is 4.84 Å². The smallest absolute Gasteiger partial charge is 0.228 e. The monoisotopic (exact) mass is 397 g/mol. The second-order valence-electron chi connectivity index (χ2n) is 9.55. The average Bonchev–Trinajstić information content (AvgIpc) is 3.14. The Labute approximate surface area is 169 Å². The van der Waals surface area contributed by atoms with E-state index in [1.807, 2.05) is 17.0 Å². The lowest BCUT2D eigenvalue weighted by Gasteiger charge is -2.57. The Morgan fingerprint density at radius 1 is 1.21 bits per heavy atom. The zero-order valence-electron chi connectivity index (χ0n) is 16.6. The number of aromatic nitrogens is 4. The van der Waals surface area contributed by atoms with E-state index in [2.05, 4.69) is 15.3 Å². The number of hydrogen-bond donors (Lipinski definition) is 0. The van der Waals surface area contributed by atoms with E-state index in [4.69, 9.17) is 9.57 Å². The average molecular weight is 397 g/mol. The van der Waals surface area contributed by atoms with Crippen molar-refractivity contribution in [3.8, 4) is 0 Å². The maximum absolute atomic E-state index is 13.6. The van der Waals surface area contributed by atoms with Gasteiger partial charge < -0.3 is 14.5 Å². The summed E-state index contributed by atoms with van der Waals surface area (Å²) in [5.41, 5.74) is 1.18. The van der Waals surface area contributed by atoms with Gasteiger partial charge in [0.2, 0.25) is 11.6 Å². The normalized spacial score (nSPS) is 35.9. The van der Waals surface area contributed by atoms with Gasteiger partial charge in [0.25, 0.3) is 0 Å². The van der Waals surface area contributed by atoms with Crippen molar-refractivity contribution in [3.05, 3.63) is 18.3 Å². The summed E-state index contributed by atoms with van der Waals surface area (Å²) >= 11 is 0. The first-order valence-electron chi connectivity index (χ1n) is 10.9. The molecule has 0 N–H and O–H groups in total. The Hall–Kier alpha value is -2.22. The zero-order chi connectivity index (χ0) is 19.4. The van der Waals surface area contributed by atoms with Crippen LogP contribution in [0.15, 0.2) is 18.3 Å². The molecule has 1 amide bonds. The maximum Gasteiger partial charge on any atom is 0.228 e. The van der Waals surface area contributed by atoms with Gasteiger partial charge in [-0.3, -0.25) is 4.79 Å². The lowest BCUT2D eigenvalue weighted by atomic mass is 9.49. The van der Waals surface area contributed by atoms with Crippen LogP contribution in [-0.4, -0.2) is 63.4 Å². The molecule has 0 aromatic carbocycles. The minimum Gasteiger partial charge on any atom is -0.391 e. The molecular formula is C21H27N5O3. The summed E-state index contributed by atoms with van der Waals surface area (Å²) in [5.74, 6) is 2.70. The highest BCUT2D eigenvalue weighted by atomic mass is 16.7. The molecule has 8 nitrogen and oxygen atoms in total. The topological polar surface area (TPSA) is 82.4 Å². The molecule has 3 heterocycles. The molecule has 5 aliphatic rings. The molecule has 5 fully saturated rings. The molecule has 1 unspecified atom stereocenters. The van der Waals surface area contributed by atoms with Crippen molar-refractivity contribution in [2.45, 2.75) is 44.6 Å². The number of carbonyl (C=O) groups is 1. The van der Waals surface area contributed by atoms with Crippen LogP contribution in [0.25, 0.3) is 11.2 Å². The van der Waals surface area contributed by atoms with E-state index >= 15 is 0 Å². The van der Waals surface area contributed by atoms with E-state index in [-0.39, 0.29) is 11.5 Å². The Kier molecular flexibility index (Phi) is 4.04. The molecule has 0 radical (unpaired) electrons. The molecule has 4 aliphatic carbocycles. The summed E-state index contributed by atoms with van der Waals surface area (Å²) < 4.78 is 5.89. The molecule has 2 aromatic heterocycles. The Bertz CT molecular complexity index is 893. The third kappa shape index (κ3) is 2.99. The molecule has 1 aliphatic heterocycles. The standard InChI is InChI=1S/C21H27N5O3/c27-20(21-9-14-6-15(10-21)8-16(7-14)11-21)25-4-5-28-17(12-25)13-29-26-19-18(23-24-26)2-1-3-22-19/h1-3,14-17H,4-13H2. The molecule has 154 valence electrons. The molecule has 29 heavy (non-hydrogen) atoms. The lowest BCUT2D eigenvalue weighted by molar-refractivity contribution is -0.166. The van der Waals surface area contributed by atoms with Crippen molar-refractivity contribution < 1.29 is 14.4 Å². The van der Waals surface area contributed by atoms with E-state index in [0.717, 1.165) is 37.0 Å². The van der Waals surface area contributed by atoms with Gasteiger partial charge in [-0.05, 0) is 73.6 Å². The Morgan fingerprint density at radius 2 is 1.97 bits per heavy atom. The fraction of sp³-hybridized carbons (Fsp3) is 0.714. The summed E-state index contributed by atoms with van der Waals surface area (Å²) in [7, 11) is 0. The van der Waals surface area contributed by atoms with Crippen LogP contribution in [0.4, 0.5) is 0 Å². The molecule has 7 rings (SSSR count). The van der Waals surface area contributed by atoms with E-state index in [0.29, 0.717) is 43.4 Å². The first kappa shape index (κ1) is 17.6. The number of ether oxygens (including phenoxy) is 1. The quantitative estimate of drug-likeness (QED) is 0.781. The highest BCUT2D eigenvalue weighted by molar-refractivity contribution is 5.83. The van der Waals surface area contributed by atoms with Crippen LogP contribution in [0, 0.1) is 23.2 Å². The van der Waals surface area contributed by atoms with E-state index < -0.39 is 0 Å². The molecular weight excluding hydrogens is 370 g/mol. The number of amides is 1. The van der Waals surface area contributed by atoms with Crippen LogP contribution in [-0.2, 0) is 9.53 Å². The van der Waals surface area contributed by atoms with Crippen molar-refractivity contribution >= 4 is 17.1 Å². The first-order valence-corrected chi connectivity index (χ1v) is 10.9. The maximum atomic E-state index is 13.6. The number of morpholine rings is 1. The van der Waals surface area contributed by atoms with Crippen LogP contribution in [0.5, 0.6) is 0 Å². The highest BCUT2D eigenvalue weighted by Crippen LogP contribution is 2.60. The molecule has 0 spiro atoms. The molecule has 4 bridgehead atoms. The predicted molar refractivity (Wildman–Crippen MR) is 104 cm³/mol. The molecule has 4 saturated carbocycles. The van der Waals surface area contributed by atoms with Gasteiger partial charge in [-0.15, -0.1) is 5.10 Å². The fourth-order valence-corrected chi connectivity index (χ4v) is 6.70. The van der Waals surface area contributed by atoms with Crippen LogP contribution >= 0.6 is 0 Å². The van der Waals surface area contributed by atoms with Gasteiger partial charge in [0.1, 0.15) is 18.2 Å². The second kappa shape index (κ2) is 6.65. The number of hydrogen-bond acceptors (Lipinski definition) is 6. The predicted octanol–water partition coefficient (Wildman–Crippen LogP) is 1.70. The SMILES string of the molecule is O=C(N1CCOC(COn2nnc3cccnc32)C1)C12CC3CC(CC(C3)C1)C2. The molecule has 1 saturated heterocycles. The number of pyridine rings is 1. The van der Waals surface area contributed by atoms with Gasteiger partial charge in [-0.2, -0.15) is 0 Å². The number of carbonyl (C=O) groups excluding carboxylic acids is 1. The third-order valence-electron chi connectivity index (χ3n) is 7.48. The summed E-state index contributed by atoms with van der Waals surface area (Å²) in [6.07, 6.45) is 8.90. The number of nitrogens with zero attached hydrogens (tertiary/aromatic N) is 5. The number of fused-ring (bicyclic) bond motifs is 1. The minimum absolute atomic E-state index is 0.0937. The van der Waals surface area contributed by atoms with Gasteiger partial charge in [0, 0.05) is 12.7 Å². The summed E-state index contributed by atoms with van der Waals surface area (Å²) in [4.78, 5) is 27.0. The van der Waals surface area contributed by atoms with E-state index in [1.54, 1.807) is 6.20 Å². The molecule has 1 atom stereocenters. The lowest BCUT2D eigenvalue weighted by Crippen LogP contribution is -2.58. The van der Waals surface area contributed by atoms with Gasteiger partial charge in [-0.25, -0.2) is 4.98 Å². The zero-order valence-corrected chi connectivity index (χ0v) is 16.6. The van der Waals surface area contributed by atoms with Crippen molar-refractivity contribution in [2.24, 2.45) is 23.2 Å². The highest BCUT2D eigenvalue weighted by Gasteiger charge is 2.55. The fourth-order valence-electron chi connectivity index (χ4n) is 6.70.